The van der Waals surface area contributed by atoms with Crippen LogP contribution < -0.4 is 10.1 Å². The van der Waals surface area contributed by atoms with Crippen LogP contribution in [0.2, 0.25) is 0 Å². The van der Waals surface area contributed by atoms with Crippen molar-refractivity contribution in [1.29, 1.82) is 0 Å². The molecule has 2 amide bonds. The van der Waals surface area contributed by atoms with Crippen LogP contribution in [0, 0.1) is 5.92 Å². The molecule has 28 heavy (non-hydrogen) atoms. The lowest BCUT2D eigenvalue weighted by Crippen LogP contribution is -2.36. The molecule has 2 atom stereocenters. The Kier molecular flexibility index (Phi) is 8.77. The van der Waals surface area contributed by atoms with E-state index in [-0.39, 0.29) is 36.3 Å². The van der Waals surface area contributed by atoms with Crippen molar-refractivity contribution >= 4 is 11.8 Å². The number of ether oxygens (including phenoxy) is 2. The van der Waals surface area contributed by atoms with E-state index in [4.69, 9.17) is 9.47 Å². The van der Waals surface area contributed by atoms with E-state index in [1.807, 2.05) is 43.0 Å². The van der Waals surface area contributed by atoms with Crippen molar-refractivity contribution in [2.24, 2.45) is 5.92 Å². The second-order valence-electron chi connectivity index (χ2n) is 7.53. The van der Waals surface area contributed by atoms with E-state index >= 15 is 0 Å². The molecule has 1 aromatic carbocycles. The van der Waals surface area contributed by atoms with Gasteiger partial charge in [0.25, 0.3) is 0 Å². The highest BCUT2D eigenvalue weighted by Crippen LogP contribution is 2.39. The van der Waals surface area contributed by atoms with Gasteiger partial charge in [-0.15, -0.1) is 0 Å². The third-order valence-electron chi connectivity index (χ3n) is 5.05. The molecule has 0 radical (unpaired) electrons. The van der Waals surface area contributed by atoms with Gasteiger partial charge in [-0.05, 0) is 44.4 Å². The number of rotatable bonds is 11. The van der Waals surface area contributed by atoms with E-state index in [9.17, 15) is 9.59 Å². The van der Waals surface area contributed by atoms with Crippen LogP contribution in [-0.2, 0) is 14.3 Å². The maximum absolute atomic E-state index is 12.9. The first-order valence-corrected chi connectivity index (χ1v) is 10.3. The van der Waals surface area contributed by atoms with Crippen molar-refractivity contribution in [2.75, 3.05) is 26.8 Å². The zero-order chi connectivity index (χ0) is 20.5. The number of hydrogen-bond donors (Lipinski definition) is 1. The number of nitrogens with zero attached hydrogens (tertiary/aromatic N) is 1. The summed E-state index contributed by atoms with van der Waals surface area (Å²) < 4.78 is 10.8. The van der Waals surface area contributed by atoms with Gasteiger partial charge in [-0.25, -0.2) is 0 Å². The minimum atomic E-state index is -0.372. The molecule has 0 spiro atoms. The minimum absolute atomic E-state index is 0.0533. The van der Waals surface area contributed by atoms with Crippen molar-refractivity contribution < 1.29 is 19.1 Å². The van der Waals surface area contributed by atoms with Gasteiger partial charge in [-0.3, -0.25) is 9.59 Å². The monoisotopic (exact) mass is 390 g/mol. The van der Waals surface area contributed by atoms with E-state index in [0.29, 0.717) is 19.7 Å². The molecule has 6 nitrogen and oxygen atoms in total. The van der Waals surface area contributed by atoms with Crippen LogP contribution >= 0.6 is 0 Å². The first kappa shape index (κ1) is 22.2. The molecule has 0 aliphatic carbocycles. The molecular weight excluding hydrogens is 356 g/mol. The van der Waals surface area contributed by atoms with Crippen LogP contribution in [0.3, 0.4) is 0 Å². The van der Waals surface area contributed by atoms with Gasteiger partial charge in [-0.2, -0.15) is 0 Å². The van der Waals surface area contributed by atoms with Gasteiger partial charge in [0.1, 0.15) is 5.75 Å². The predicted octanol–water partition coefficient (Wildman–Crippen LogP) is 3.32. The zero-order valence-corrected chi connectivity index (χ0v) is 17.6. The summed E-state index contributed by atoms with van der Waals surface area (Å²) in [4.78, 5) is 27.4. The third kappa shape index (κ3) is 5.96. The number of carbonyl (C=O) groups is 2. The summed E-state index contributed by atoms with van der Waals surface area (Å²) in [5, 5.41) is 3.00. The van der Waals surface area contributed by atoms with E-state index < -0.39 is 0 Å². The Labute approximate surface area is 168 Å². The standard InChI is InChI=1S/C22H34N2O4/c1-5-6-13-24-20(25)15-19(22(26)23-12-7-14-28-16(2)3)21(24)17-8-10-18(27-4)11-9-17/h8-11,16,19,21H,5-7,12-15H2,1-4H3,(H,23,26)/t19-,21+/m0/s1. The van der Waals surface area contributed by atoms with Crippen molar-refractivity contribution in [2.45, 2.75) is 58.6 Å². The summed E-state index contributed by atoms with van der Waals surface area (Å²) in [6, 6.07) is 7.45. The molecule has 1 saturated heterocycles. The van der Waals surface area contributed by atoms with Crippen LogP contribution in [0.4, 0.5) is 0 Å². The van der Waals surface area contributed by atoms with Gasteiger partial charge in [0.15, 0.2) is 0 Å². The van der Waals surface area contributed by atoms with Crippen LogP contribution in [0.15, 0.2) is 24.3 Å². The number of unbranched alkanes of at least 4 members (excludes halogenated alkanes) is 1. The van der Waals surface area contributed by atoms with Crippen molar-refractivity contribution in [3.63, 3.8) is 0 Å². The Hall–Kier alpha value is -2.08. The third-order valence-corrected chi connectivity index (χ3v) is 5.05. The molecule has 1 aliphatic heterocycles. The lowest BCUT2D eigenvalue weighted by atomic mass is 9.92. The highest BCUT2D eigenvalue weighted by molar-refractivity contribution is 5.90. The molecule has 0 aromatic heterocycles. The van der Waals surface area contributed by atoms with Crippen LogP contribution in [0.5, 0.6) is 5.75 Å². The number of benzene rings is 1. The maximum Gasteiger partial charge on any atom is 0.226 e. The number of nitrogens with one attached hydrogen (secondary N) is 1. The summed E-state index contributed by atoms with van der Waals surface area (Å²) >= 11 is 0. The normalized spacial score (nSPS) is 19.3. The molecule has 1 aliphatic rings. The van der Waals surface area contributed by atoms with Gasteiger partial charge >= 0.3 is 0 Å². The van der Waals surface area contributed by atoms with Crippen molar-refractivity contribution in [3.8, 4) is 5.75 Å². The second kappa shape index (κ2) is 11.1. The molecule has 1 heterocycles. The molecule has 1 aromatic rings. The van der Waals surface area contributed by atoms with Gasteiger partial charge in [0.05, 0.1) is 25.2 Å². The number of hydrogen-bond acceptors (Lipinski definition) is 4. The Morgan fingerprint density at radius 1 is 1.25 bits per heavy atom. The molecule has 0 unspecified atom stereocenters. The summed E-state index contributed by atoms with van der Waals surface area (Å²) in [6.45, 7) is 7.94. The Balaban J connectivity index is 2.08. The van der Waals surface area contributed by atoms with E-state index in [1.165, 1.54) is 0 Å². The lowest BCUT2D eigenvalue weighted by Gasteiger charge is -2.28. The fourth-order valence-corrected chi connectivity index (χ4v) is 3.56. The summed E-state index contributed by atoms with van der Waals surface area (Å²) in [5.74, 6) is 0.387. The van der Waals surface area contributed by atoms with E-state index in [2.05, 4.69) is 12.2 Å². The van der Waals surface area contributed by atoms with Crippen molar-refractivity contribution in [3.05, 3.63) is 29.8 Å². The quantitative estimate of drug-likeness (QED) is 0.589. The summed E-state index contributed by atoms with van der Waals surface area (Å²) in [5.41, 5.74) is 0.978. The molecule has 1 N–H and O–H groups in total. The lowest BCUT2D eigenvalue weighted by molar-refractivity contribution is -0.129. The van der Waals surface area contributed by atoms with Gasteiger partial charge in [0, 0.05) is 26.1 Å². The Bertz CT molecular complexity index is 630. The molecule has 6 heteroatoms. The topological polar surface area (TPSA) is 67.9 Å². The van der Waals surface area contributed by atoms with E-state index in [0.717, 1.165) is 30.6 Å². The van der Waals surface area contributed by atoms with Crippen LogP contribution in [-0.4, -0.2) is 49.6 Å². The smallest absolute Gasteiger partial charge is 0.226 e. The predicted molar refractivity (Wildman–Crippen MR) is 109 cm³/mol. The summed E-state index contributed by atoms with van der Waals surface area (Å²) in [6.07, 6.45) is 3.15. The zero-order valence-electron chi connectivity index (χ0n) is 17.6. The number of amides is 2. The molecular formula is C22H34N2O4. The molecule has 0 bridgehead atoms. The Morgan fingerprint density at radius 3 is 2.57 bits per heavy atom. The number of carbonyl (C=O) groups excluding carboxylic acids is 2. The van der Waals surface area contributed by atoms with Gasteiger partial charge < -0.3 is 19.7 Å². The van der Waals surface area contributed by atoms with E-state index in [1.54, 1.807) is 7.11 Å². The molecule has 2 rings (SSSR count). The SMILES string of the molecule is CCCCN1C(=O)C[C@H](C(=O)NCCCOC(C)C)[C@H]1c1ccc(OC)cc1. The van der Waals surface area contributed by atoms with Gasteiger partial charge in [-0.1, -0.05) is 25.5 Å². The fourth-order valence-electron chi connectivity index (χ4n) is 3.56. The van der Waals surface area contributed by atoms with Crippen LogP contribution in [0.25, 0.3) is 0 Å². The highest BCUT2D eigenvalue weighted by Gasteiger charge is 2.43. The van der Waals surface area contributed by atoms with Gasteiger partial charge in [0.2, 0.25) is 11.8 Å². The average Bonchev–Trinajstić information content (AvgIpc) is 3.02. The first-order valence-electron chi connectivity index (χ1n) is 10.3. The van der Waals surface area contributed by atoms with Crippen molar-refractivity contribution in [1.82, 2.24) is 10.2 Å². The Morgan fingerprint density at radius 2 is 1.96 bits per heavy atom. The first-order chi connectivity index (χ1) is 13.5. The number of likely N-dealkylation sites (tertiary alicyclic amines) is 1. The number of methoxy groups -OCH3 is 1. The molecule has 0 saturated carbocycles. The highest BCUT2D eigenvalue weighted by atomic mass is 16.5. The molecule has 156 valence electrons. The fraction of sp³-hybridized carbons (Fsp3) is 0.636. The average molecular weight is 391 g/mol. The maximum atomic E-state index is 12.9. The van der Waals surface area contributed by atoms with Crippen LogP contribution in [0.1, 0.15) is 58.1 Å². The minimum Gasteiger partial charge on any atom is -0.497 e. The summed E-state index contributed by atoms with van der Waals surface area (Å²) in [7, 11) is 1.63. The largest absolute Gasteiger partial charge is 0.497 e. The second-order valence-corrected chi connectivity index (χ2v) is 7.53. The molecule has 1 fully saturated rings.